The number of rotatable bonds is 6. The minimum Gasteiger partial charge on any atom is -0.490 e. The molecule has 0 aromatic heterocycles. The number of halogens is 1. The smallest absolute Gasteiger partial charge is 0.335 e. The lowest BCUT2D eigenvalue weighted by Crippen LogP contribution is -2.05. The zero-order valence-corrected chi connectivity index (χ0v) is 11.5. The molecule has 0 atom stereocenters. The van der Waals surface area contributed by atoms with Gasteiger partial charge in [0.2, 0.25) is 0 Å². The number of carbonyl (C=O) groups is 1. The highest BCUT2D eigenvalue weighted by atomic mass is 19.1. The maximum Gasteiger partial charge on any atom is 0.335 e. The first-order valence-electron chi connectivity index (χ1n) is 6.48. The summed E-state index contributed by atoms with van der Waals surface area (Å²) in [6.07, 6.45) is 0. The molecular formula is C16H15FO4. The van der Waals surface area contributed by atoms with Crippen LogP contribution in [0.15, 0.2) is 42.5 Å². The number of hydrogen-bond donors (Lipinski definition) is 1. The fourth-order valence-corrected chi connectivity index (χ4v) is 1.82. The van der Waals surface area contributed by atoms with Crippen molar-refractivity contribution < 1.29 is 23.8 Å². The Labute approximate surface area is 121 Å². The van der Waals surface area contributed by atoms with Gasteiger partial charge in [-0.05, 0) is 24.6 Å². The van der Waals surface area contributed by atoms with Gasteiger partial charge in [-0.15, -0.1) is 0 Å². The molecule has 2 aromatic rings. The first-order valence-corrected chi connectivity index (χ1v) is 6.48. The maximum atomic E-state index is 14.0. The Kier molecular flexibility index (Phi) is 4.77. The SMILES string of the molecule is CCOc1cc(C(=O)O)cc(F)c1OCc1ccccc1. The number of carboxylic acid groups (broad SMARTS) is 1. The summed E-state index contributed by atoms with van der Waals surface area (Å²) in [6.45, 7) is 2.18. The van der Waals surface area contributed by atoms with Crippen LogP contribution >= 0.6 is 0 Å². The molecular weight excluding hydrogens is 275 g/mol. The van der Waals surface area contributed by atoms with Crippen molar-refractivity contribution in [2.24, 2.45) is 0 Å². The lowest BCUT2D eigenvalue weighted by Gasteiger charge is -2.13. The normalized spacial score (nSPS) is 10.2. The number of benzene rings is 2. The molecule has 0 bridgehead atoms. The van der Waals surface area contributed by atoms with E-state index in [2.05, 4.69) is 0 Å². The minimum atomic E-state index is -1.22. The van der Waals surface area contributed by atoms with Crippen LogP contribution in [0.25, 0.3) is 0 Å². The van der Waals surface area contributed by atoms with Crippen LogP contribution in [0.2, 0.25) is 0 Å². The van der Waals surface area contributed by atoms with Crippen LogP contribution in [0, 0.1) is 5.82 Å². The lowest BCUT2D eigenvalue weighted by atomic mass is 10.2. The highest BCUT2D eigenvalue weighted by Gasteiger charge is 2.17. The molecule has 0 amide bonds. The number of aromatic carboxylic acids is 1. The van der Waals surface area contributed by atoms with Gasteiger partial charge >= 0.3 is 5.97 Å². The Morgan fingerprint density at radius 1 is 1.19 bits per heavy atom. The molecule has 1 N–H and O–H groups in total. The van der Waals surface area contributed by atoms with E-state index in [1.54, 1.807) is 6.92 Å². The first-order chi connectivity index (χ1) is 10.1. The van der Waals surface area contributed by atoms with Crippen LogP contribution < -0.4 is 9.47 Å². The molecule has 0 aliphatic heterocycles. The molecule has 5 heteroatoms. The number of hydrogen-bond acceptors (Lipinski definition) is 3. The fraction of sp³-hybridized carbons (Fsp3) is 0.188. The van der Waals surface area contributed by atoms with E-state index in [4.69, 9.17) is 14.6 Å². The molecule has 0 fully saturated rings. The van der Waals surface area contributed by atoms with Crippen molar-refractivity contribution in [1.82, 2.24) is 0 Å². The summed E-state index contributed by atoms with van der Waals surface area (Å²) < 4.78 is 24.7. The second-order valence-electron chi connectivity index (χ2n) is 4.30. The van der Waals surface area contributed by atoms with E-state index >= 15 is 0 Å². The standard InChI is InChI=1S/C16H15FO4/c1-2-20-14-9-12(16(18)19)8-13(17)15(14)21-10-11-6-4-3-5-7-11/h3-9H,2,10H2,1H3,(H,18,19). The van der Waals surface area contributed by atoms with Crippen molar-refractivity contribution in [3.05, 3.63) is 59.4 Å². The van der Waals surface area contributed by atoms with Crippen molar-refractivity contribution in [2.75, 3.05) is 6.61 Å². The zero-order chi connectivity index (χ0) is 15.2. The maximum absolute atomic E-state index is 14.0. The summed E-state index contributed by atoms with van der Waals surface area (Å²) in [5.74, 6) is -1.96. The van der Waals surface area contributed by atoms with Crippen LogP contribution in [0.3, 0.4) is 0 Å². The monoisotopic (exact) mass is 290 g/mol. The van der Waals surface area contributed by atoms with E-state index in [1.165, 1.54) is 6.07 Å². The van der Waals surface area contributed by atoms with Gasteiger partial charge in [0.15, 0.2) is 17.3 Å². The average molecular weight is 290 g/mol. The Hall–Kier alpha value is -2.56. The van der Waals surface area contributed by atoms with Gasteiger partial charge in [0.1, 0.15) is 6.61 Å². The number of carboxylic acids is 1. The molecule has 2 rings (SSSR count). The van der Waals surface area contributed by atoms with Gasteiger partial charge in [-0.3, -0.25) is 0 Å². The zero-order valence-electron chi connectivity index (χ0n) is 11.5. The molecule has 0 unspecified atom stereocenters. The highest BCUT2D eigenvalue weighted by molar-refractivity contribution is 5.88. The van der Waals surface area contributed by atoms with Gasteiger partial charge < -0.3 is 14.6 Å². The number of ether oxygens (including phenoxy) is 2. The Balaban J connectivity index is 2.26. The molecule has 2 aromatic carbocycles. The summed E-state index contributed by atoms with van der Waals surface area (Å²) >= 11 is 0. The van der Waals surface area contributed by atoms with E-state index in [-0.39, 0.29) is 30.3 Å². The molecule has 0 spiro atoms. The Morgan fingerprint density at radius 3 is 2.52 bits per heavy atom. The van der Waals surface area contributed by atoms with Gasteiger partial charge in [-0.1, -0.05) is 30.3 Å². The van der Waals surface area contributed by atoms with Gasteiger partial charge in [0.25, 0.3) is 0 Å². The van der Waals surface area contributed by atoms with Gasteiger partial charge in [-0.25, -0.2) is 9.18 Å². The molecule has 0 aliphatic rings. The van der Waals surface area contributed by atoms with Gasteiger partial charge in [-0.2, -0.15) is 0 Å². The van der Waals surface area contributed by atoms with Crippen molar-refractivity contribution in [1.29, 1.82) is 0 Å². The minimum absolute atomic E-state index is 0.0781. The Bertz CT molecular complexity index is 626. The highest BCUT2D eigenvalue weighted by Crippen LogP contribution is 2.32. The topological polar surface area (TPSA) is 55.8 Å². The summed E-state index contributed by atoms with van der Waals surface area (Å²) in [6, 6.07) is 11.5. The van der Waals surface area contributed by atoms with E-state index in [0.717, 1.165) is 11.6 Å². The van der Waals surface area contributed by atoms with Crippen molar-refractivity contribution in [2.45, 2.75) is 13.5 Å². The van der Waals surface area contributed by atoms with E-state index in [1.807, 2.05) is 30.3 Å². The van der Waals surface area contributed by atoms with Crippen LogP contribution in [-0.2, 0) is 6.61 Å². The quantitative estimate of drug-likeness (QED) is 0.884. The second kappa shape index (κ2) is 6.74. The summed E-state index contributed by atoms with van der Waals surface area (Å²) in [5, 5.41) is 8.94. The molecule has 0 saturated heterocycles. The third kappa shape index (κ3) is 3.72. The predicted molar refractivity (Wildman–Crippen MR) is 75.3 cm³/mol. The molecule has 0 heterocycles. The van der Waals surface area contributed by atoms with Crippen molar-refractivity contribution >= 4 is 5.97 Å². The van der Waals surface area contributed by atoms with Crippen molar-refractivity contribution in [3.8, 4) is 11.5 Å². The Morgan fingerprint density at radius 2 is 1.90 bits per heavy atom. The van der Waals surface area contributed by atoms with E-state index in [9.17, 15) is 9.18 Å². The van der Waals surface area contributed by atoms with Gasteiger partial charge in [0.05, 0.1) is 12.2 Å². The predicted octanol–water partition coefficient (Wildman–Crippen LogP) is 3.50. The van der Waals surface area contributed by atoms with Gasteiger partial charge in [0, 0.05) is 0 Å². The van der Waals surface area contributed by atoms with Crippen LogP contribution in [0.1, 0.15) is 22.8 Å². The average Bonchev–Trinajstić information content (AvgIpc) is 2.47. The molecule has 0 radical (unpaired) electrons. The largest absolute Gasteiger partial charge is 0.490 e. The molecule has 0 saturated carbocycles. The van der Waals surface area contributed by atoms with Crippen LogP contribution in [0.5, 0.6) is 11.5 Å². The molecule has 21 heavy (non-hydrogen) atoms. The molecule has 0 aliphatic carbocycles. The molecule has 4 nitrogen and oxygen atoms in total. The summed E-state index contributed by atoms with van der Waals surface area (Å²) in [7, 11) is 0. The van der Waals surface area contributed by atoms with E-state index < -0.39 is 11.8 Å². The summed E-state index contributed by atoms with van der Waals surface area (Å²) in [5.41, 5.74) is 0.699. The van der Waals surface area contributed by atoms with E-state index in [0.29, 0.717) is 0 Å². The lowest BCUT2D eigenvalue weighted by molar-refractivity contribution is 0.0695. The van der Waals surface area contributed by atoms with Crippen LogP contribution in [0.4, 0.5) is 4.39 Å². The third-order valence-corrected chi connectivity index (χ3v) is 2.78. The fourth-order valence-electron chi connectivity index (χ4n) is 1.82. The first kappa shape index (κ1) is 14.8. The van der Waals surface area contributed by atoms with Crippen LogP contribution in [-0.4, -0.2) is 17.7 Å². The molecule has 110 valence electrons. The summed E-state index contributed by atoms with van der Waals surface area (Å²) in [4.78, 5) is 10.9. The van der Waals surface area contributed by atoms with Crippen molar-refractivity contribution in [3.63, 3.8) is 0 Å². The third-order valence-electron chi connectivity index (χ3n) is 2.78. The second-order valence-corrected chi connectivity index (χ2v) is 4.30.